The van der Waals surface area contributed by atoms with Crippen LogP contribution in [0.3, 0.4) is 0 Å². The molecule has 1 heterocycles. The molecule has 0 unspecified atom stereocenters. The van der Waals surface area contributed by atoms with Crippen LogP contribution in [0.15, 0.2) is 36.7 Å². The largest absolute Gasteiger partial charge is 0.337 e. The van der Waals surface area contributed by atoms with Crippen molar-refractivity contribution < 1.29 is 4.79 Å². The number of carbonyl (C=O) groups is 1. The molecule has 0 aliphatic heterocycles. The molecule has 5 heteroatoms. The highest BCUT2D eigenvalue weighted by Crippen LogP contribution is 2.10. The Morgan fingerprint density at radius 1 is 1.32 bits per heavy atom. The van der Waals surface area contributed by atoms with Gasteiger partial charge >= 0.3 is 0 Å². The molecule has 4 nitrogen and oxygen atoms in total. The van der Waals surface area contributed by atoms with Gasteiger partial charge in [-0.2, -0.15) is 5.10 Å². The molecule has 19 heavy (non-hydrogen) atoms. The number of aryl methyl sites for hydroxylation is 1. The second-order valence-corrected chi connectivity index (χ2v) is 4.78. The molecule has 0 aliphatic rings. The monoisotopic (exact) mass is 277 g/mol. The minimum Gasteiger partial charge on any atom is -0.337 e. The predicted octanol–water partition coefficient (Wildman–Crippen LogP) is 2.43. The normalized spacial score (nSPS) is 10.5. The number of nitrogens with zero attached hydrogens (tertiary/aromatic N) is 3. The summed E-state index contributed by atoms with van der Waals surface area (Å²) in [6, 6.07) is 7.36. The third-order valence-corrected chi connectivity index (χ3v) is 3.19. The summed E-state index contributed by atoms with van der Waals surface area (Å²) in [7, 11) is 3.64. The van der Waals surface area contributed by atoms with Gasteiger partial charge in [0.1, 0.15) is 0 Å². The number of hydrogen-bond acceptors (Lipinski definition) is 2. The third kappa shape index (κ3) is 3.35. The number of benzene rings is 1. The lowest BCUT2D eigenvalue weighted by Gasteiger charge is -2.16. The molecule has 1 aromatic carbocycles. The molecule has 0 saturated heterocycles. The van der Waals surface area contributed by atoms with E-state index in [-0.39, 0.29) is 5.91 Å². The van der Waals surface area contributed by atoms with Crippen LogP contribution in [0.25, 0.3) is 0 Å². The van der Waals surface area contributed by atoms with Crippen molar-refractivity contribution in [2.24, 2.45) is 7.05 Å². The Hall–Kier alpha value is -1.81. The SMILES string of the molecule is CN(Cc1cnn(C)c1)C(=O)c1ccc(CCl)cc1. The molecule has 2 aromatic rings. The lowest BCUT2D eigenvalue weighted by atomic mass is 10.1. The summed E-state index contributed by atoms with van der Waals surface area (Å²) >= 11 is 5.73. The molecule has 0 fully saturated rings. The highest BCUT2D eigenvalue weighted by atomic mass is 35.5. The van der Waals surface area contributed by atoms with Gasteiger partial charge in [0.2, 0.25) is 0 Å². The van der Waals surface area contributed by atoms with E-state index in [0.29, 0.717) is 18.0 Å². The van der Waals surface area contributed by atoms with Crippen LogP contribution in [-0.4, -0.2) is 27.6 Å². The molecule has 0 spiro atoms. The Morgan fingerprint density at radius 3 is 2.53 bits per heavy atom. The number of aromatic nitrogens is 2. The van der Waals surface area contributed by atoms with E-state index in [0.717, 1.165) is 11.1 Å². The van der Waals surface area contributed by atoms with Gasteiger partial charge in [0, 0.05) is 43.8 Å². The summed E-state index contributed by atoms with van der Waals surface area (Å²) in [5.41, 5.74) is 2.68. The average Bonchev–Trinajstić information content (AvgIpc) is 2.83. The first kappa shape index (κ1) is 13.6. The summed E-state index contributed by atoms with van der Waals surface area (Å²) in [5, 5.41) is 4.09. The van der Waals surface area contributed by atoms with E-state index in [1.807, 2.05) is 25.4 Å². The van der Waals surface area contributed by atoms with Gasteiger partial charge in [0.15, 0.2) is 0 Å². The summed E-state index contributed by atoms with van der Waals surface area (Å²) in [6.07, 6.45) is 3.67. The average molecular weight is 278 g/mol. The van der Waals surface area contributed by atoms with Crippen LogP contribution in [0.4, 0.5) is 0 Å². The summed E-state index contributed by atoms with van der Waals surface area (Å²) in [6.45, 7) is 0.546. The first-order valence-corrected chi connectivity index (χ1v) is 6.51. The van der Waals surface area contributed by atoms with Crippen LogP contribution in [0, 0.1) is 0 Å². The van der Waals surface area contributed by atoms with Crippen LogP contribution in [0.1, 0.15) is 21.5 Å². The van der Waals surface area contributed by atoms with Crippen LogP contribution in [-0.2, 0) is 19.5 Å². The smallest absolute Gasteiger partial charge is 0.253 e. The van der Waals surface area contributed by atoms with Crippen LogP contribution in [0.2, 0.25) is 0 Å². The van der Waals surface area contributed by atoms with Gasteiger partial charge in [-0.15, -0.1) is 11.6 Å². The van der Waals surface area contributed by atoms with Crippen molar-refractivity contribution in [3.63, 3.8) is 0 Å². The molecule has 1 amide bonds. The zero-order valence-corrected chi connectivity index (χ0v) is 11.8. The van der Waals surface area contributed by atoms with Crippen molar-refractivity contribution in [1.29, 1.82) is 0 Å². The molecule has 0 radical (unpaired) electrons. The lowest BCUT2D eigenvalue weighted by molar-refractivity contribution is 0.0785. The highest BCUT2D eigenvalue weighted by molar-refractivity contribution is 6.17. The van der Waals surface area contributed by atoms with Crippen LogP contribution >= 0.6 is 11.6 Å². The van der Waals surface area contributed by atoms with E-state index in [1.165, 1.54) is 0 Å². The fraction of sp³-hybridized carbons (Fsp3) is 0.286. The van der Waals surface area contributed by atoms with Gasteiger partial charge in [-0.1, -0.05) is 12.1 Å². The first-order valence-electron chi connectivity index (χ1n) is 5.98. The van der Waals surface area contributed by atoms with Crippen molar-refractivity contribution in [2.45, 2.75) is 12.4 Å². The minimum atomic E-state index is -0.00928. The van der Waals surface area contributed by atoms with E-state index in [9.17, 15) is 4.79 Å². The Balaban J connectivity index is 2.05. The standard InChI is InChI=1S/C14H16ClN3O/c1-17(9-12-8-16-18(2)10-12)14(19)13-5-3-11(7-15)4-6-13/h3-6,8,10H,7,9H2,1-2H3. The number of hydrogen-bond donors (Lipinski definition) is 0. The van der Waals surface area contributed by atoms with Gasteiger partial charge in [0.05, 0.1) is 6.20 Å². The van der Waals surface area contributed by atoms with Crippen molar-refractivity contribution in [3.05, 3.63) is 53.3 Å². The van der Waals surface area contributed by atoms with E-state index in [2.05, 4.69) is 5.10 Å². The molecule has 0 atom stereocenters. The number of carbonyl (C=O) groups excluding carboxylic acids is 1. The summed E-state index contributed by atoms with van der Waals surface area (Å²) < 4.78 is 1.73. The van der Waals surface area contributed by atoms with Crippen molar-refractivity contribution in [2.75, 3.05) is 7.05 Å². The fourth-order valence-electron chi connectivity index (χ4n) is 1.86. The topological polar surface area (TPSA) is 38.1 Å². The predicted molar refractivity (Wildman–Crippen MR) is 75.0 cm³/mol. The van der Waals surface area contributed by atoms with E-state index < -0.39 is 0 Å². The third-order valence-electron chi connectivity index (χ3n) is 2.88. The zero-order chi connectivity index (χ0) is 13.8. The van der Waals surface area contributed by atoms with E-state index in [1.54, 1.807) is 35.0 Å². The maximum absolute atomic E-state index is 12.2. The molecular weight excluding hydrogens is 262 g/mol. The maximum atomic E-state index is 12.2. The molecule has 0 aliphatic carbocycles. The van der Waals surface area contributed by atoms with Crippen molar-refractivity contribution in [1.82, 2.24) is 14.7 Å². The van der Waals surface area contributed by atoms with Crippen LogP contribution in [0.5, 0.6) is 0 Å². The fourth-order valence-corrected chi connectivity index (χ4v) is 2.03. The quantitative estimate of drug-likeness (QED) is 0.805. The molecule has 0 bridgehead atoms. The number of halogens is 1. The second kappa shape index (κ2) is 5.89. The molecular formula is C14H16ClN3O. The van der Waals surface area contributed by atoms with Gasteiger partial charge < -0.3 is 4.90 Å². The summed E-state index contributed by atoms with van der Waals surface area (Å²) in [4.78, 5) is 13.9. The Morgan fingerprint density at radius 2 is 2.00 bits per heavy atom. The second-order valence-electron chi connectivity index (χ2n) is 4.51. The molecule has 2 rings (SSSR count). The number of alkyl halides is 1. The Kier molecular flexibility index (Phi) is 4.22. The van der Waals surface area contributed by atoms with Gasteiger partial charge in [-0.25, -0.2) is 0 Å². The maximum Gasteiger partial charge on any atom is 0.253 e. The summed E-state index contributed by atoms with van der Waals surface area (Å²) in [5.74, 6) is 0.449. The number of rotatable bonds is 4. The van der Waals surface area contributed by atoms with Gasteiger partial charge in [0.25, 0.3) is 5.91 Å². The highest BCUT2D eigenvalue weighted by Gasteiger charge is 2.12. The number of amides is 1. The van der Waals surface area contributed by atoms with Gasteiger partial charge in [-0.05, 0) is 17.7 Å². The molecule has 100 valence electrons. The minimum absolute atomic E-state index is 0.00928. The van der Waals surface area contributed by atoms with E-state index >= 15 is 0 Å². The zero-order valence-electron chi connectivity index (χ0n) is 11.0. The van der Waals surface area contributed by atoms with Crippen molar-refractivity contribution >= 4 is 17.5 Å². The first-order chi connectivity index (χ1) is 9.10. The molecule has 0 N–H and O–H groups in total. The van der Waals surface area contributed by atoms with E-state index in [4.69, 9.17) is 11.6 Å². The van der Waals surface area contributed by atoms with Crippen molar-refractivity contribution in [3.8, 4) is 0 Å². The van der Waals surface area contributed by atoms with Gasteiger partial charge in [-0.3, -0.25) is 9.48 Å². The molecule has 1 aromatic heterocycles. The lowest BCUT2D eigenvalue weighted by Crippen LogP contribution is -2.26. The Labute approximate surface area is 117 Å². The Bertz CT molecular complexity index is 562. The van der Waals surface area contributed by atoms with Crippen LogP contribution < -0.4 is 0 Å². The molecule has 0 saturated carbocycles.